The van der Waals surface area contributed by atoms with Crippen LogP contribution in [0.5, 0.6) is 5.75 Å². The van der Waals surface area contributed by atoms with Crippen molar-refractivity contribution in [1.82, 2.24) is 0 Å². The average Bonchev–Trinajstić information content (AvgIpc) is 2.83. The Kier molecular flexibility index (Phi) is 8.18. The largest absolute Gasteiger partial charge is 0.486 e. The number of rotatable bonds is 8. The number of allylic oxidation sites excluding steroid dienone is 2. The molecule has 2 aliphatic rings. The molecule has 0 radical (unpaired) electrons. The van der Waals surface area contributed by atoms with E-state index in [0.29, 0.717) is 5.92 Å². The van der Waals surface area contributed by atoms with Crippen molar-refractivity contribution >= 4 is 0 Å². The van der Waals surface area contributed by atoms with Crippen molar-refractivity contribution in [3.8, 4) is 16.9 Å². The number of benzene rings is 2. The minimum absolute atomic E-state index is 0.0651. The Morgan fingerprint density at radius 1 is 0.941 bits per heavy atom. The SMILES string of the molecule is C=CCCC1CCC2CC(c3cc(F)c(-c4ccc(OC/C=C/C)c(F)c4)c(F)c3)CCC2C1. The predicted octanol–water partition coefficient (Wildman–Crippen LogP) is 8.99. The molecule has 2 fully saturated rings. The van der Waals surface area contributed by atoms with Crippen LogP contribution in [0.4, 0.5) is 13.2 Å². The van der Waals surface area contributed by atoms with Gasteiger partial charge in [-0.3, -0.25) is 0 Å². The molecule has 2 aromatic rings. The van der Waals surface area contributed by atoms with Gasteiger partial charge in [0.05, 0.1) is 5.56 Å². The van der Waals surface area contributed by atoms with Crippen LogP contribution >= 0.6 is 0 Å². The number of halogens is 3. The fraction of sp³-hybridized carbons (Fsp3) is 0.467. The highest BCUT2D eigenvalue weighted by Crippen LogP contribution is 2.48. The highest BCUT2D eigenvalue weighted by molar-refractivity contribution is 5.66. The summed E-state index contributed by atoms with van der Waals surface area (Å²) in [5.41, 5.74) is 0.732. The average molecular weight is 469 g/mol. The molecule has 0 amide bonds. The van der Waals surface area contributed by atoms with E-state index < -0.39 is 17.5 Å². The molecule has 2 aliphatic carbocycles. The number of fused-ring (bicyclic) bond motifs is 1. The molecule has 0 aromatic heterocycles. The van der Waals surface area contributed by atoms with Crippen molar-refractivity contribution in [3.63, 3.8) is 0 Å². The molecule has 1 nitrogen and oxygen atoms in total. The van der Waals surface area contributed by atoms with Gasteiger partial charge in [0.2, 0.25) is 0 Å². The lowest BCUT2D eigenvalue weighted by Crippen LogP contribution is -2.30. The van der Waals surface area contributed by atoms with E-state index in [1.54, 1.807) is 12.2 Å². The predicted molar refractivity (Wildman–Crippen MR) is 132 cm³/mol. The molecule has 0 saturated heterocycles. The van der Waals surface area contributed by atoms with Gasteiger partial charge in [-0.2, -0.15) is 0 Å². The molecule has 0 aliphatic heterocycles. The summed E-state index contributed by atoms with van der Waals surface area (Å²) in [5.74, 6) is 0.536. The van der Waals surface area contributed by atoms with Gasteiger partial charge in [0.25, 0.3) is 0 Å². The first-order valence-corrected chi connectivity index (χ1v) is 12.6. The lowest BCUT2D eigenvalue weighted by atomic mass is 9.63. The van der Waals surface area contributed by atoms with Crippen LogP contribution in [-0.4, -0.2) is 6.61 Å². The summed E-state index contributed by atoms with van der Waals surface area (Å²) in [6.07, 6.45) is 14.8. The van der Waals surface area contributed by atoms with Crippen molar-refractivity contribution < 1.29 is 17.9 Å². The second-order valence-corrected chi connectivity index (χ2v) is 9.96. The quantitative estimate of drug-likeness (QED) is 0.351. The van der Waals surface area contributed by atoms with Crippen LogP contribution in [0.2, 0.25) is 0 Å². The zero-order chi connectivity index (χ0) is 24.1. The van der Waals surface area contributed by atoms with E-state index in [4.69, 9.17) is 4.74 Å². The molecule has 2 saturated carbocycles. The van der Waals surface area contributed by atoms with E-state index in [2.05, 4.69) is 6.58 Å². The lowest BCUT2D eigenvalue weighted by molar-refractivity contribution is 0.115. The molecule has 0 spiro atoms. The topological polar surface area (TPSA) is 9.23 Å². The third-order valence-electron chi connectivity index (χ3n) is 7.83. The van der Waals surface area contributed by atoms with Gasteiger partial charge < -0.3 is 4.74 Å². The molecule has 4 atom stereocenters. The first kappa shape index (κ1) is 24.6. The van der Waals surface area contributed by atoms with E-state index in [-0.39, 0.29) is 29.4 Å². The van der Waals surface area contributed by atoms with Gasteiger partial charge in [0, 0.05) is 0 Å². The Balaban J connectivity index is 1.46. The summed E-state index contributed by atoms with van der Waals surface area (Å²) >= 11 is 0. The molecule has 4 heteroatoms. The first-order valence-electron chi connectivity index (χ1n) is 12.6. The monoisotopic (exact) mass is 468 g/mol. The number of hydrogen-bond donors (Lipinski definition) is 0. The van der Waals surface area contributed by atoms with Crippen LogP contribution in [0.15, 0.2) is 55.1 Å². The summed E-state index contributed by atoms with van der Waals surface area (Å²) < 4.78 is 50.0. The third kappa shape index (κ3) is 5.59. The molecule has 2 aromatic carbocycles. The highest BCUT2D eigenvalue weighted by atomic mass is 19.1. The molecule has 4 unspecified atom stereocenters. The minimum Gasteiger partial charge on any atom is -0.486 e. The van der Waals surface area contributed by atoms with Crippen LogP contribution in [0.25, 0.3) is 11.1 Å². The van der Waals surface area contributed by atoms with Crippen molar-refractivity contribution in [1.29, 1.82) is 0 Å². The third-order valence-corrected chi connectivity index (χ3v) is 7.83. The molecule has 0 bridgehead atoms. The van der Waals surface area contributed by atoms with Gasteiger partial charge in [-0.25, -0.2) is 13.2 Å². The highest BCUT2D eigenvalue weighted by Gasteiger charge is 2.36. The summed E-state index contributed by atoms with van der Waals surface area (Å²) in [7, 11) is 0. The van der Waals surface area contributed by atoms with Crippen molar-refractivity contribution in [3.05, 3.63) is 78.2 Å². The van der Waals surface area contributed by atoms with Gasteiger partial charge in [-0.1, -0.05) is 30.7 Å². The molecule has 182 valence electrons. The maximum Gasteiger partial charge on any atom is 0.165 e. The van der Waals surface area contributed by atoms with E-state index in [0.717, 1.165) is 49.1 Å². The molecular formula is C30H35F3O. The zero-order valence-corrected chi connectivity index (χ0v) is 20.0. The Bertz CT molecular complexity index is 1000. The number of hydrogen-bond acceptors (Lipinski definition) is 1. The standard InChI is InChI=1S/C30H35F3O/c1-3-5-7-20-8-9-22-16-23(11-10-21(22)15-20)25-18-27(32)30(28(33)19-25)24-12-13-29(26(31)17-24)34-14-6-4-2/h3-4,6,12-13,17-23H,1,5,7-11,14-16H2,2H3/b6-4+. The maximum atomic E-state index is 15.1. The summed E-state index contributed by atoms with van der Waals surface area (Å²) in [6, 6.07) is 7.00. The van der Waals surface area contributed by atoms with E-state index in [1.807, 2.05) is 13.0 Å². The van der Waals surface area contributed by atoms with Crippen LogP contribution < -0.4 is 4.74 Å². The Labute approximate surface area is 201 Å². The van der Waals surface area contributed by atoms with Crippen LogP contribution in [-0.2, 0) is 0 Å². The second kappa shape index (κ2) is 11.3. The first-order chi connectivity index (χ1) is 16.5. The van der Waals surface area contributed by atoms with Gasteiger partial charge in [-0.05, 0) is 111 Å². The van der Waals surface area contributed by atoms with Crippen molar-refractivity contribution in [2.75, 3.05) is 6.61 Å². The molecule has 0 heterocycles. The van der Waals surface area contributed by atoms with Gasteiger partial charge >= 0.3 is 0 Å². The molecular weight excluding hydrogens is 433 g/mol. The fourth-order valence-electron chi connectivity index (χ4n) is 6.02. The molecule has 4 rings (SSSR count). The minimum atomic E-state index is -0.633. The van der Waals surface area contributed by atoms with Crippen LogP contribution in [0, 0.1) is 35.2 Å². The molecule has 34 heavy (non-hydrogen) atoms. The van der Waals surface area contributed by atoms with Crippen molar-refractivity contribution in [2.24, 2.45) is 17.8 Å². The van der Waals surface area contributed by atoms with E-state index >= 15 is 8.78 Å². The van der Waals surface area contributed by atoms with Crippen LogP contribution in [0.1, 0.15) is 69.8 Å². The van der Waals surface area contributed by atoms with Gasteiger partial charge in [0.15, 0.2) is 11.6 Å². The smallest absolute Gasteiger partial charge is 0.165 e. The van der Waals surface area contributed by atoms with E-state index in [9.17, 15) is 4.39 Å². The van der Waals surface area contributed by atoms with Gasteiger partial charge in [-0.15, -0.1) is 6.58 Å². The molecule has 0 N–H and O–H groups in total. The summed E-state index contributed by atoms with van der Waals surface area (Å²) in [4.78, 5) is 0. The lowest BCUT2D eigenvalue weighted by Gasteiger charge is -2.42. The van der Waals surface area contributed by atoms with Gasteiger partial charge in [0.1, 0.15) is 18.2 Å². The zero-order valence-electron chi connectivity index (χ0n) is 20.0. The van der Waals surface area contributed by atoms with Crippen LogP contribution in [0.3, 0.4) is 0 Å². The summed E-state index contributed by atoms with van der Waals surface area (Å²) in [6.45, 7) is 5.93. The normalized spacial score (nSPS) is 24.7. The second-order valence-electron chi connectivity index (χ2n) is 9.96. The Hall–Kier alpha value is -2.49. The Morgan fingerprint density at radius 2 is 1.68 bits per heavy atom. The Morgan fingerprint density at radius 3 is 2.38 bits per heavy atom. The fourth-order valence-corrected chi connectivity index (χ4v) is 6.02. The number of ether oxygens (including phenoxy) is 1. The summed E-state index contributed by atoms with van der Waals surface area (Å²) in [5, 5.41) is 0. The maximum absolute atomic E-state index is 15.1. The van der Waals surface area contributed by atoms with E-state index in [1.165, 1.54) is 49.9 Å². The van der Waals surface area contributed by atoms with Crippen molar-refractivity contribution in [2.45, 2.75) is 64.2 Å².